The second-order valence-electron chi connectivity index (χ2n) is 2.40. The van der Waals surface area contributed by atoms with Crippen molar-refractivity contribution in [2.45, 2.75) is 6.92 Å². The van der Waals surface area contributed by atoms with Crippen molar-refractivity contribution >= 4 is 23.0 Å². The van der Waals surface area contributed by atoms with Crippen LogP contribution in [0.1, 0.15) is 6.92 Å². The monoisotopic (exact) mass is 216 g/mol. The van der Waals surface area contributed by atoms with Gasteiger partial charge in [-0.1, -0.05) is 22.5 Å². The third-order valence-electron chi connectivity index (χ3n) is 1.34. The van der Waals surface area contributed by atoms with E-state index in [2.05, 4.69) is 22.5 Å². The fraction of sp³-hybridized carbons (Fsp3) is 0.429. The molecule has 0 saturated carbocycles. The Morgan fingerprint density at radius 2 is 2.09 bits per heavy atom. The van der Waals surface area contributed by atoms with Crippen LogP contribution < -0.4 is 0 Å². The van der Waals surface area contributed by atoms with Gasteiger partial charge in [0.25, 0.3) is 0 Å². The lowest BCUT2D eigenvalue weighted by molar-refractivity contribution is 0.365. The maximum Gasteiger partial charge on any atom is 0.487 e. The van der Waals surface area contributed by atoms with Crippen LogP contribution in [-0.4, -0.2) is 20.3 Å². The van der Waals surface area contributed by atoms with Crippen LogP contribution in [0.2, 0.25) is 0 Å². The normalized spacial score (nSPS) is 19.1. The molecule has 0 aliphatic carbocycles. The fourth-order valence-electron chi connectivity index (χ4n) is 0.735. The van der Waals surface area contributed by atoms with E-state index in [1.54, 1.807) is 0 Å². The fourth-order valence-corrected chi connectivity index (χ4v) is 0.950. The van der Waals surface area contributed by atoms with Gasteiger partial charge in [-0.25, -0.2) is 0 Å². The average Bonchev–Trinajstić information content (AvgIpc) is 2.39. The van der Waals surface area contributed by atoms with Crippen molar-refractivity contribution in [3.05, 3.63) is 22.6 Å². The molecular formula is C7H10BBrO2. The highest BCUT2D eigenvalue weighted by Gasteiger charge is 2.20. The third kappa shape index (κ3) is 2.81. The van der Waals surface area contributed by atoms with E-state index in [4.69, 9.17) is 9.31 Å². The maximum atomic E-state index is 5.20. The summed E-state index contributed by atoms with van der Waals surface area (Å²) in [7, 11) is -0.193. The smallest absolute Gasteiger partial charge is 0.405 e. The van der Waals surface area contributed by atoms with Crippen LogP contribution in [0.3, 0.4) is 0 Å². The van der Waals surface area contributed by atoms with Crippen LogP contribution in [0, 0.1) is 0 Å². The molecule has 4 heteroatoms. The van der Waals surface area contributed by atoms with Gasteiger partial charge >= 0.3 is 7.12 Å². The standard InChI is InChI=1S/C7H10BBrO2/c1-6(2)7(9)5-8-10-3-4-11-8/h5H,1,3-4H2,2H3/b7-5+. The number of allylic oxidation sites excluding steroid dienone is 2. The van der Waals surface area contributed by atoms with Gasteiger partial charge in [0, 0.05) is 4.48 Å². The summed E-state index contributed by atoms with van der Waals surface area (Å²) in [5.74, 6) is 1.87. The zero-order valence-electron chi connectivity index (χ0n) is 6.47. The lowest BCUT2D eigenvalue weighted by Crippen LogP contribution is -2.10. The number of hydrogen-bond acceptors (Lipinski definition) is 2. The van der Waals surface area contributed by atoms with E-state index in [0.29, 0.717) is 13.2 Å². The summed E-state index contributed by atoms with van der Waals surface area (Å²) < 4.78 is 11.4. The zero-order chi connectivity index (χ0) is 8.27. The van der Waals surface area contributed by atoms with Crippen LogP contribution in [-0.2, 0) is 9.31 Å². The minimum Gasteiger partial charge on any atom is -0.405 e. The molecule has 0 aromatic heterocycles. The molecule has 1 fully saturated rings. The number of hydrogen-bond donors (Lipinski definition) is 0. The Labute approximate surface area is 75.5 Å². The number of rotatable bonds is 2. The van der Waals surface area contributed by atoms with Gasteiger partial charge < -0.3 is 9.31 Å². The van der Waals surface area contributed by atoms with Crippen LogP contribution in [0.15, 0.2) is 22.6 Å². The summed E-state index contributed by atoms with van der Waals surface area (Å²) in [6.07, 6.45) is 0. The SMILES string of the molecule is C=C(C)/C(Br)=C\B1OCCO1. The molecule has 1 aliphatic rings. The summed E-state index contributed by atoms with van der Waals surface area (Å²) in [6.45, 7) is 7.05. The van der Waals surface area contributed by atoms with E-state index in [0.717, 1.165) is 10.1 Å². The van der Waals surface area contributed by atoms with Gasteiger partial charge in [-0.05, 0) is 18.5 Å². The van der Waals surface area contributed by atoms with Crippen molar-refractivity contribution in [2.75, 3.05) is 13.2 Å². The van der Waals surface area contributed by atoms with E-state index in [1.165, 1.54) is 0 Å². The third-order valence-corrected chi connectivity index (χ3v) is 2.28. The van der Waals surface area contributed by atoms with Crippen LogP contribution in [0.25, 0.3) is 0 Å². The lowest BCUT2D eigenvalue weighted by atomic mass is 9.90. The van der Waals surface area contributed by atoms with Crippen molar-refractivity contribution in [2.24, 2.45) is 0 Å². The van der Waals surface area contributed by atoms with E-state index in [1.807, 2.05) is 12.9 Å². The molecule has 1 rings (SSSR count). The Morgan fingerprint density at radius 1 is 1.55 bits per heavy atom. The second kappa shape index (κ2) is 4.09. The molecule has 0 aromatic carbocycles. The Morgan fingerprint density at radius 3 is 2.55 bits per heavy atom. The largest absolute Gasteiger partial charge is 0.487 e. The molecule has 1 heterocycles. The van der Waals surface area contributed by atoms with E-state index >= 15 is 0 Å². The first-order valence-electron chi connectivity index (χ1n) is 3.46. The van der Waals surface area contributed by atoms with Gasteiger partial charge in [0.05, 0.1) is 13.2 Å². The summed E-state index contributed by atoms with van der Waals surface area (Å²) in [4.78, 5) is 0. The van der Waals surface area contributed by atoms with E-state index in [9.17, 15) is 0 Å². The lowest BCUT2D eigenvalue weighted by Gasteiger charge is -1.98. The van der Waals surface area contributed by atoms with Gasteiger partial charge in [0.1, 0.15) is 0 Å². The Hall–Kier alpha value is -0.0551. The van der Waals surface area contributed by atoms with Crippen molar-refractivity contribution in [1.29, 1.82) is 0 Å². The number of halogens is 1. The first-order chi connectivity index (χ1) is 5.20. The minimum atomic E-state index is -0.193. The van der Waals surface area contributed by atoms with Crippen molar-refractivity contribution < 1.29 is 9.31 Å². The van der Waals surface area contributed by atoms with Crippen LogP contribution in [0.5, 0.6) is 0 Å². The van der Waals surface area contributed by atoms with Crippen molar-refractivity contribution in [3.8, 4) is 0 Å². The average molecular weight is 217 g/mol. The topological polar surface area (TPSA) is 18.5 Å². The molecule has 2 nitrogen and oxygen atoms in total. The van der Waals surface area contributed by atoms with Crippen molar-refractivity contribution in [3.63, 3.8) is 0 Å². The Balaban J connectivity index is 2.49. The Bertz CT molecular complexity index is 185. The predicted octanol–water partition coefficient (Wildman–Crippen LogP) is 1.92. The second-order valence-corrected chi connectivity index (χ2v) is 3.26. The molecule has 0 amide bonds. The highest BCUT2D eigenvalue weighted by Crippen LogP contribution is 2.16. The van der Waals surface area contributed by atoms with Crippen LogP contribution >= 0.6 is 15.9 Å². The molecule has 0 N–H and O–H groups in total. The van der Waals surface area contributed by atoms with Crippen molar-refractivity contribution in [1.82, 2.24) is 0 Å². The molecule has 1 saturated heterocycles. The van der Waals surface area contributed by atoms with Crippen LogP contribution in [0.4, 0.5) is 0 Å². The maximum absolute atomic E-state index is 5.20. The minimum absolute atomic E-state index is 0.193. The summed E-state index contributed by atoms with van der Waals surface area (Å²) in [5.41, 5.74) is 0.976. The van der Waals surface area contributed by atoms with E-state index < -0.39 is 0 Å². The molecule has 1 aliphatic heterocycles. The molecule has 0 bridgehead atoms. The molecule has 0 unspecified atom stereocenters. The van der Waals surface area contributed by atoms with Gasteiger partial charge in [0.15, 0.2) is 0 Å². The predicted molar refractivity (Wildman–Crippen MR) is 49.5 cm³/mol. The summed E-state index contributed by atoms with van der Waals surface area (Å²) >= 11 is 3.35. The van der Waals surface area contributed by atoms with Gasteiger partial charge in [0.2, 0.25) is 0 Å². The quantitative estimate of drug-likeness (QED) is 0.519. The van der Waals surface area contributed by atoms with Gasteiger partial charge in [-0.2, -0.15) is 0 Å². The highest BCUT2D eigenvalue weighted by atomic mass is 79.9. The van der Waals surface area contributed by atoms with Gasteiger partial charge in [-0.3, -0.25) is 0 Å². The molecule has 0 spiro atoms. The summed E-state index contributed by atoms with van der Waals surface area (Å²) in [5, 5.41) is 0. The zero-order valence-corrected chi connectivity index (χ0v) is 8.06. The molecule has 11 heavy (non-hydrogen) atoms. The molecule has 0 atom stereocenters. The first-order valence-corrected chi connectivity index (χ1v) is 4.26. The van der Waals surface area contributed by atoms with Gasteiger partial charge in [-0.15, -0.1) is 0 Å². The molecular weight excluding hydrogens is 207 g/mol. The first kappa shape index (κ1) is 9.04. The highest BCUT2D eigenvalue weighted by molar-refractivity contribution is 9.12. The Kier molecular flexibility index (Phi) is 3.36. The summed E-state index contributed by atoms with van der Waals surface area (Å²) in [6, 6.07) is 0. The molecule has 60 valence electrons. The molecule has 0 radical (unpaired) electrons. The van der Waals surface area contributed by atoms with E-state index in [-0.39, 0.29) is 7.12 Å². The molecule has 0 aromatic rings.